The van der Waals surface area contributed by atoms with Gasteiger partial charge in [-0.3, -0.25) is 0 Å². The average molecular weight is 297 g/mol. The number of halogens is 4. The van der Waals surface area contributed by atoms with Crippen LogP contribution >= 0.6 is 15.9 Å². The summed E-state index contributed by atoms with van der Waals surface area (Å²) in [7, 11) is 1.27. The molecule has 1 aromatic rings. The Kier molecular flexibility index (Phi) is 3.59. The number of pyridine rings is 1. The van der Waals surface area contributed by atoms with Crippen LogP contribution in [0.4, 0.5) is 13.2 Å². The summed E-state index contributed by atoms with van der Waals surface area (Å²) >= 11 is 2.83. The highest BCUT2D eigenvalue weighted by molar-refractivity contribution is 9.10. The number of nitrogens with zero attached hydrogens (tertiary/aromatic N) is 2. The number of alkyl halides is 3. The van der Waals surface area contributed by atoms with Crippen LogP contribution < -0.4 is 9.47 Å². The maximum atomic E-state index is 11.9. The maximum Gasteiger partial charge on any atom is 0.574 e. The topological polar surface area (TPSA) is 55.1 Å². The molecule has 0 N–H and O–H groups in total. The van der Waals surface area contributed by atoms with Crippen LogP contribution in [0.3, 0.4) is 0 Å². The Morgan fingerprint density at radius 2 is 2.12 bits per heavy atom. The molecule has 0 fully saturated rings. The van der Waals surface area contributed by atoms with E-state index in [1.54, 1.807) is 6.07 Å². The van der Waals surface area contributed by atoms with Gasteiger partial charge in [-0.2, -0.15) is 10.2 Å². The highest BCUT2D eigenvalue weighted by atomic mass is 79.9. The van der Waals surface area contributed by atoms with E-state index in [0.717, 1.165) is 0 Å². The third kappa shape index (κ3) is 3.00. The van der Waals surface area contributed by atoms with E-state index in [1.165, 1.54) is 13.2 Å². The molecule has 0 bridgehead atoms. The first kappa shape index (κ1) is 12.6. The number of methoxy groups -OCH3 is 1. The van der Waals surface area contributed by atoms with Gasteiger partial charge in [-0.15, -0.1) is 13.2 Å². The molecule has 0 radical (unpaired) electrons. The first-order chi connectivity index (χ1) is 7.37. The van der Waals surface area contributed by atoms with Gasteiger partial charge in [0, 0.05) is 6.07 Å². The molecule has 4 nitrogen and oxygen atoms in total. The second-order valence-corrected chi connectivity index (χ2v) is 3.34. The molecule has 0 aliphatic rings. The van der Waals surface area contributed by atoms with Crippen LogP contribution in [0.25, 0.3) is 0 Å². The average Bonchev–Trinajstić information content (AvgIpc) is 2.18. The van der Waals surface area contributed by atoms with Crippen molar-refractivity contribution < 1.29 is 22.6 Å². The second kappa shape index (κ2) is 4.57. The van der Waals surface area contributed by atoms with E-state index in [4.69, 9.17) is 10.00 Å². The zero-order chi connectivity index (χ0) is 12.3. The summed E-state index contributed by atoms with van der Waals surface area (Å²) in [6.45, 7) is 0. The number of nitriles is 1. The van der Waals surface area contributed by atoms with Crippen LogP contribution in [0.2, 0.25) is 0 Å². The van der Waals surface area contributed by atoms with Gasteiger partial charge in [0.1, 0.15) is 6.07 Å². The molecule has 0 saturated carbocycles. The molecule has 0 aromatic carbocycles. The van der Waals surface area contributed by atoms with E-state index in [-0.39, 0.29) is 15.9 Å². The predicted molar refractivity (Wildman–Crippen MR) is 49.9 cm³/mol. The van der Waals surface area contributed by atoms with Gasteiger partial charge in [0.25, 0.3) is 0 Å². The van der Waals surface area contributed by atoms with E-state index in [1.807, 2.05) is 0 Å². The zero-order valence-electron chi connectivity index (χ0n) is 7.80. The number of ether oxygens (including phenoxy) is 2. The van der Waals surface area contributed by atoms with E-state index in [0.29, 0.717) is 0 Å². The van der Waals surface area contributed by atoms with Gasteiger partial charge in [0.2, 0.25) is 5.88 Å². The van der Waals surface area contributed by atoms with Gasteiger partial charge in [-0.25, -0.2) is 0 Å². The van der Waals surface area contributed by atoms with Crippen LogP contribution in [-0.2, 0) is 0 Å². The minimum atomic E-state index is -4.86. The Morgan fingerprint density at radius 3 is 2.56 bits per heavy atom. The molecule has 0 aliphatic heterocycles. The molecule has 16 heavy (non-hydrogen) atoms. The van der Waals surface area contributed by atoms with Gasteiger partial charge in [0.05, 0.1) is 11.6 Å². The fraction of sp³-hybridized carbons (Fsp3) is 0.250. The summed E-state index contributed by atoms with van der Waals surface area (Å²) in [5, 5.41) is 8.62. The zero-order valence-corrected chi connectivity index (χ0v) is 9.39. The first-order valence-corrected chi connectivity index (χ1v) is 4.57. The minimum absolute atomic E-state index is 0.0549. The van der Waals surface area contributed by atoms with Crippen molar-refractivity contribution in [2.75, 3.05) is 7.11 Å². The fourth-order valence-corrected chi connectivity index (χ4v) is 1.25. The molecule has 0 unspecified atom stereocenters. The van der Waals surface area contributed by atoms with Crippen molar-refractivity contribution in [2.24, 2.45) is 0 Å². The van der Waals surface area contributed by atoms with E-state index < -0.39 is 12.2 Å². The minimum Gasteiger partial charge on any atom is -0.494 e. The molecule has 86 valence electrons. The lowest BCUT2D eigenvalue weighted by Gasteiger charge is -2.10. The third-order valence-corrected chi connectivity index (χ3v) is 2.02. The summed E-state index contributed by atoms with van der Waals surface area (Å²) in [6, 6.07) is 2.77. The van der Waals surface area contributed by atoms with Crippen molar-refractivity contribution in [2.45, 2.75) is 6.36 Å². The summed E-state index contributed by atoms with van der Waals surface area (Å²) in [4.78, 5) is 3.37. The molecule has 8 heteroatoms. The molecule has 0 aliphatic carbocycles. The van der Waals surface area contributed by atoms with Crippen molar-refractivity contribution >= 4 is 15.9 Å². The van der Waals surface area contributed by atoms with Crippen molar-refractivity contribution in [1.29, 1.82) is 5.26 Å². The molecule has 0 atom stereocenters. The number of rotatable bonds is 2. The Bertz CT molecular complexity index is 442. The van der Waals surface area contributed by atoms with E-state index >= 15 is 0 Å². The lowest BCUT2D eigenvalue weighted by molar-refractivity contribution is -0.276. The molecule has 0 spiro atoms. The van der Waals surface area contributed by atoms with Crippen LogP contribution in [0.5, 0.6) is 11.6 Å². The number of hydrogen-bond acceptors (Lipinski definition) is 4. The monoisotopic (exact) mass is 296 g/mol. The normalized spacial score (nSPS) is 10.8. The lowest BCUT2D eigenvalue weighted by Crippen LogP contribution is -2.18. The van der Waals surface area contributed by atoms with Gasteiger partial charge >= 0.3 is 6.36 Å². The smallest absolute Gasteiger partial charge is 0.494 e. The van der Waals surface area contributed by atoms with Crippen LogP contribution in [0.1, 0.15) is 5.69 Å². The van der Waals surface area contributed by atoms with Crippen molar-refractivity contribution in [3.8, 4) is 17.7 Å². The summed E-state index contributed by atoms with van der Waals surface area (Å²) in [5.41, 5.74) is -0.287. The van der Waals surface area contributed by atoms with Crippen LogP contribution in [0, 0.1) is 11.3 Å². The quantitative estimate of drug-likeness (QED) is 0.842. The second-order valence-electron chi connectivity index (χ2n) is 2.49. The van der Waals surface area contributed by atoms with E-state index in [2.05, 4.69) is 25.7 Å². The molecule has 1 rings (SSSR count). The lowest BCUT2D eigenvalue weighted by atomic mass is 10.3. The van der Waals surface area contributed by atoms with E-state index in [9.17, 15) is 13.2 Å². The van der Waals surface area contributed by atoms with Crippen molar-refractivity contribution in [1.82, 2.24) is 4.98 Å². The maximum absolute atomic E-state index is 11.9. The fourth-order valence-electron chi connectivity index (χ4n) is 0.872. The number of aromatic nitrogens is 1. The highest BCUT2D eigenvalue weighted by Crippen LogP contribution is 2.32. The van der Waals surface area contributed by atoms with Gasteiger partial charge in [-0.1, -0.05) is 0 Å². The van der Waals surface area contributed by atoms with Crippen molar-refractivity contribution in [3.63, 3.8) is 0 Å². The van der Waals surface area contributed by atoms with Crippen LogP contribution in [-0.4, -0.2) is 18.5 Å². The summed E-state index contributed by atoms with van der Waals surface area (Å²) < 4.78 is 44.1. The molecule has 1 heterocycles. The standard InChI is InChI=1S/C8H4BrF3N2O2/c1-15-6-2-4(9)7(14-5(6)3-13)16-8(10,11)12/h2H,1H3. The van der Waals surface area contributed by atoms with Crippen LogP contribution in [0.15, 0.2) is 10.5 Å². The first-order valence-electron chi connectivity index (χ1n) is 3.77. The van der Waals surface area contributed by atoms with Gasteiger partial charge < -0.3 is 9.47 Å². The van der Waals surface area contributed by atoms with Gasteiger partial charge in [-0.05, 0) is 15.9 Å². The molecular formula is C8H4BrF3N2O2. The Labute approximate surface area is 96.7 Å². The van der Waals surface area contributed by atoms with Gasteiger partial charge in [0.15, 0.2) is 11.4 Å². The van der Waals surface area contributed by atoms with Crippen molar-refractivity contribution in [3.05, 3.63) is 16.2 Å². The largest absolute Gasteiger partial charge is 0.574 e. The molecule has 0 amide bonds. The highest BCUT2D eigenvalue weighted by Gasteiger charge is 2.33. The molecule has 0 saturated heterocycles. The summed E-state index contributed by atoms with van der Waals surface area (Å²) in [5.74, 6) is -0.672. The summed E-state index contributed by atoms with van der Waals surface area (Å²) in [6.07, 6.45) is -4.86. The predicted octanol–water partition coefficient (Wildman–Crippen LogP) is 2.62. The third-order valence-electron chi connectivity index (χ3n) is 1.45. The Morgan fingerprint density at radius 1 is 1.50 bits per heavy atom. The molecular weight excluding hydrogens is 293 g/mol. The SMILES string of the molecule is COc1cc(Br)c(OC(F)(F)F)nc1C#N. The Hall–Kier alpha value is -1.49. The molecule has 1 aromatic heterocycles. The Balaban J connectivity index is 3.18. The number of hydrogen-bond donors (Lipinski definition) is 0.